The molecule has 1 atom stereocenters. The SMILES string of the molecule is OC1CCc2ccc3ccccc3c2O1. The van der Waals surface area contributed by atoms with Gasteiger partial charge in [-0.15, -0.1) is 0 Å². The summed E-state index contributed by atoms with van der Waals surface area (Å²) in [6.45, 7) is 0. The second kappa shape index (κ2) is 3.24. The summed E-state index contributed by atoms with van der Waals surface area (Å²) in [6.07, 6.45) is 0.926. The van der Waals surface area contributed by atoms with E-state index in [4.69, 9.17) is 4.74 Å². The molecule has 0 bridgehead atoms. The van der Waals surface area contributed by atoms with Gasteiger partial charge >= 0.3 is 0 Å². The van der Waals surface area contributed by atoms with Crippen LogP contribution in [0.4, 0.5) is 0 Å². The van der Waals surface area contributed by atoms with Crippen LogP contribution in [-0.4, -0.2) is 11.4 Å². The topological polar surface area (TPSA) is 29.5 Å². The Morgan fingerprint density at radius 1 is 1.13 bits per heavy atom. The molecule has 15 heavy (non-hydrogen) atoms. The molecule has 0 aromatic heterocycles. The Morgan fingerprint density at radius 3 is 2.93 bits per heavy atom. The molecule has 0 saturated heterocycles. The van der Waals surface area contributed by atoms with Crippen LogP contribution < -0.4 is 4.74 Å². The molecule has 1 aliphatic rings. The summed E-state index contributed by atoms with van der Waals surface area (Å²) >= 11 is 0. The van der Waals surface area contributed by atoms with E-state index in [1.807, 2.05) is 18.2 Å². The van der Waals surface area contributed by atoms with Crippen LogP contribution in [0.1, 0.15) is 12.0 Å². The molecule has 2 aromatic carbocycles. The number of fused-ring (bicyclic) bond motifs is 3. The Kier molecular flexibility index (Phi) is 1.89. The van der Waals surface area contributed by atoms with Crippen LogP contribution in [0.3, 0.4) is 0 Å². The zero-order valence-corrected chi connectivity index (χ0v) is 8.31. The second-order valence-corrected chi connectivity index (χ2v) is 3.89. The first kappa shape index (κ1) is 8.74. The number of aliphatic hydroxyl groups excluding tert-OH is 1. The summed E-state index contributed by atoms with van der Waals surface area (Å²) in [7, 11) is 0. The van der Waals surface area contributed by atoms with Gasteiger partial charge in [0.25, 0.3) is 0 Å². The molecule has 2 nitrogen and oxygen atoms in total. The average Bonchev–Trinajstić information content (AvgIpc) is 2.29. The minimum absolute atomic E-state index is 0.650. The zero-order valence-electron chi connectivity index (χ0n) is 8.31. The van der Waals surface area contributed by atoms with E-state index >= 15 is 0 Å². The lowest BCUT2D eigenvalue weighted by molar-refractivity contribution is -0.0304. The van der Waals surface area contributed by atoms with Crippen molar-refractivity contribution in [2.24, 2.45) is 0 Å². The van der Waals surface area contributed by atoms with E-state index in [9.17, 15) is 5.11 Å². The van der Waals surface area contributed by atoms with Gasteiger partial charge in [-0.05, 0) is 17.4 Å². The molecule has 0 fully saturated rings. The Hall–Kier alpha value is -1.54. The quantitative estimate of drug-likeness (QED) is 0.708. The molecule has 1 unspecified atom stereocenters. The molecular formula is C13H12O2. The minimum atomic E-state index is -0.650. The molecule has 0 spiro atoms. The number of rotatable bonds is 0. The highest BCUT2D eigenvalue weighted by Crippen LogP contribution is 2.34. The van der Waals surface area contributed by atoms with Crippen LogP contribution in [0.15, 0.2) is 36.4 Å². The molecule has 0 saturated carbocycles. The van der Waals surface area contributed by atoms with Gasteiger partial charge in [0.05, 0.1) is 0 Å². The fraction of sp³-hybridized carbons (Fsp3) is 0.231. The highest BCUT2D eigenvalue weighted by atomic mass is 16.6. The smallest absolute Gasteiger partial charge is 0.197 e. The van der Waals surface area contributed by atoms with Crippen LogP contribution in [0.5, 0.6) is 5.75 Å². The Labute approximate surface area is 88.1 Å². The van der Waals surface area contributed by atoms with E-state index in [-0.39, 0.29) is 0 Å². The van der Waals surface area contributed by atoms with E-state index in [1.54, 1.807) is 0 Å². The van der Waals surface area contributed by atoms with Crippen molar-refractivity contribution in [3.63, 3.8) is 0 Å². The standard InChI is InChI=1S/C13H12O2/c14-12-8-7-10-6-5-9-3-1-2-4-11(9)13(10)15-12/h1-6,12,14H,7-8H2. The van der Waals surface area contributed by atoms with E-state index in [0.717, 1.165) is 22.9 Å². The number of ether oxygens (including phenoxy) is 1. The molecule has 0 aliphatic carbocycles. The van der Waals surface area contributed by atoms with Crippen molar-refractivity contribution < 1.29 is 9.84 Å². The number of aryl methyl sites for hydroxylation is 1. The number of aliphatic hydroxyl groups is 1. The largest absolute Gasteiger partial charge is 0.464 e. The van der Waals surface area contributed by atoms with Gasteiger partial charge in [0.1, 0.15) is 5.75 Å². The van der Waals surface area contributed by atoms with E-state index in [0.29, 0.717) is 6.42 Å². The van der Waals surface area contributed by atoms with Gasteiger partial charge in [-0.25, -0.2) is 0 Å². The van der Waals surface area contributed by atoms with Crippen molar-refractivity contribution >= 4 is 10.8 Å². The molecule has 1 heterocycles. The molecule has 1 N–H and O–H groups in total. The predicted molar refractivity (Wildman–Crippen MR) is 58.9 cm³/mol. The number of benzene rings is 2. The first-order chi connectivity index (χ1) is 7.34. The number of hydrogen-bond donors (Lipinski definition) is 1. The van der Waals surface area contributed by atoms with Gasteiger partial charge < -0.3 is 9.84 Å². The normalized spacial score (nSPS) is 19.7. The van der Waals surface area contributed by atoms with Gasteiger partial charge in [0.2, 0.25) is 0 Å². The molecule has 3 rings (SSSR count). The summed E-state index contributed by atoms with van der Waals surface area (Å²) in [6, 6.07) is 12.3. The van der Waals surface area contributed by atoms with Crippen molar-refractivity contribution in [1.82, 2.24) is 0 Å². The maximum atomic E-state index is 9.49. The Balaban J connectivity index is 2.28. The fourth-order valence-corrected chi connectivity index (χ4v) is 2.10. The van der Waals surface area contributed by atoms with Crippen molar-refractivity contribution in [1.29, 1.82) is 0 Å². The van der Waals surface area contributed by atoms with E-state index in [2.05, 4.69) is 18.2 Å². The van der Waals surface area contributed by atoms with Gasteiger partial charge in [0.15, 0.2) is 6.29 Å². The van der Waals surface area contributed by atoms with Gasteiger partial charge in [0, 0.05) is 11.8 Å². The fourth-order valence-electron chi connectivity index (χ4n) is 2.10. The second-order valence-electron chi connectivity index (χ2n) is 3.89. The van der Waals surface area contributed by atoms with Crippen LogP contribution in [0.25, 0.3) is 10.8 Å². The van der Waals surface area contributed by atoms with Gasteiger partial charge in [-0.2, -0.15) is 0 Å². The lowest BCUT2D eigenvalue weighted by atomic mass is 10.00. The first-order valence-electron chi connectivity index (χ1n) is 5.20. The predicted octanol–water partition coefficient (Wildman–Crippen LogP) is 2.48. The first-order valence-corrected chi connectivity index (χ1v) is 5.20. The molecule has 2 heteroatoms. The average molecular weight is 200 g/mol. The van der Waals surface area contributed by atoms with Crippen molar-refractivity contribution in [3.8, 4) is 5.75 Å². The lowest BCUT2D eigenvalue weighted by Crippen LogP contribution is -2.21. The Bertz CT molecular complexity index is 505. The van der Waals surface area contributed by atoms with Crippen LogP contribution >= 0.6 is 0 Å². The van der Waals surface area contributed by atoms with Crippen LogP contribution in [-0.2, 0) is 6.42 Å². The van der Waals surface area contributed by atoms with Gasteiger partial charge in [-0.1, -0.05) is 36.4 Å². The highest BCUT2D eigenvalue weighted by molar-refractivity contribution is 5.89. The maximum Gasteiger partial charge on any atom is 0.197 e. The summed E-state index contributed by atoms with van der Waals surface area (Å²) in [5.74, 6) is 0.854. The van der Waals surface area contributed by atoms with Crippen molar-refractivity contribution in [2.45, 2.75) is 19.1 Å². The monoisotopic (exact) mass is 200 g/mol. The van der Waals surface area contributed by atoms with E-state index < -0.39 is 6.29 Å². The summed E-state index contributed by atoms with van der Waals surface area (Å²) in [5, 5.41) is 11.7. The zero-order chi connectivity index (χ0) is 10.3. The van der Waals surface area contributed by atoms with Crippen LogP contribution in [0, 0.1) is 0 Å². The molecule has 0 amide bonds. The minimum Gasteiger partial charge on any atom is -0.464 e. The van der Waals surface area contributed by atoms with Crippen molar-refractivity contribution in [3.05, 3.63) is 42.0 Å². The molecular weight excluding hydrogens is 188 g/mol. The van der Waals surface area contributed by atoms with E-state index in [1.165, 1.54) is 5.56 Å². The number of hydrogen-bond acceptors (Lipinski definition) is 2. The summed E-state index contributed by atoms with van der Waals surface area (Å²) < 4.78 is 5.50. The lowest BCUT2D eigenvalue weighted by Gasteiger charge is -2.23. The third kappa shape index (κ3) is 1.38. The van der Waals surface area contributed by atoms with Crippen molar-refractivity contribution in [2.75, 3.05) is 0 Å². The molecule has 2 aromatic rings. The van der Waals surface area contributed by atoms with Crippen LogP contribution in [0.2, 0.25) is 0 Å². The third-order valence-corrected chi connectivity index (χ3v) is 2.88. The molecule has 76 valence electrons. The summed E-state index contributed by atoms with van der Waals surface area (Å²) in [4.78, 5) is 0. The maximum absolute atomic E-state index is 9.49. The third-order valence-electron chi connectivity index (χ3n) is 2.88. The molecule has 1 aliphatic heterocycles. The summed E-state index contributed by atoms with van der Waals surface area (Å²) in [5.41, 5.74) is 1.19. The van der Waals surface area contributed by atoms with Gasteiger partial charge in [-0.3, -0.25) is 0 Å². The molecule has 0 radical (unpaired) electrons. The highest BCUT2D eigenvalue weighted by Gasteiger charge is 2.18. The Morgan fingerprint density at radius 2 is 2.00 bits per heavy atom.